The number of aliphatic carboxylic acids is 1. The Labute approximate surface area is 146 Å². The van der Waals surface area contributed by atoms with Gasteiger partial charge in [0.15, 0.2) is 18.1 Å². The summed E-state index contributed by atoms with van der Waals surface area (Å²) in [6.45, 7) is -0.388. The van der Waals surface area contributed by atoms with Crippen LogP contribution in [-0.4, -0.2) is 37.0 Å². The Morgan fingerprint density at radius 3 is 2.32 bits per heavy atom. The van der Waals surface area contributed by atoms with E-state index in [2.05, 4.69) is 0 Å². The maximum absolute atomic E-state index is 10.5. The number of carboxylic acid groups (broad SMARTS) is 1. The predicted molar refractivity (Wildman–Crippen MR) is 92.4 cm³/mol. The van der Waals surface area contributed by atoms with E-state index in [9.17, 15) is 9.90 Å². The first kappa shape index (κ1) is 18.6. The second-order valence-corrected chi connectivity index (χ2v) is 5.50. The summed E-state index contributed by atoms with van der Waals surface area (Å²) in [5.41, 5.74) is 1.79. The molecule has 0 aromatic heterocycles. The van der Waals surface area contributed by atoms with Crippen LogP contribution in [-0.2, 0) is 11.2 Å². The fraction of sp³-hybridized carbons (Fsp3) is 0.316. The van der Waals surface area contributed by atoms with Crippen LogP contribution in [0, 0.1) is 0 Å². The number of aryl methyl sites for hydroxylation is 1. The topological polar surface area (TPSA) is 85.2 Å². The molecule has 0 aliphatic rings. The van der Waals surface area contributed by atoms with E-state index >= 15 is 0 Å². The highest BCUT2D eigenvalue weighted by Gasteiger charge is 2.10. The Balaban J connectivity index is 1.93. The Bertz CT molecular complexity index is 696. The summed E-state index contributed by atoms with van der Waals surface area (Å²) < 4.78 is 15.6. The Morgan fingerprint density at radius 2 is 1.72 bits per heavy atom. The van der Waals surface area contributed by atoms with Crippen LogP contribution in [0.25, 0.3) is 0 Å². The number of rotatable bonds is 9. The van der Waals surface area contributed by atoms with Gasteiger partial charge in [0.25, 0.3) is 0 Å². The minimum absolute atomic E-state index is 0.388. The van der Waals surface area contributed by atoms with Crippen LogP contribution in [0.5, 0.6) is 17.2 Å². The van der Waals surface area contributed by atoms with E-state index in [1.165, 1.54) is 0 Å². The summed E-state index contributed by atoms with van der Waals surface area (Å²) in [4.78, 5) is 10.5. The van der Waals surface area contributed by atoms with Crippen LogP contribution in [0.4, 0.5) is 0 Å². The number of aliphatic hydroxyl groups excluding tert-OH is 1. The lowest BCUT2D eigenvalue weighted by molar-refractivity contribution is -0.139. The highest BCUT2D eigenvalue weighted by molar-refractivity contribution is 5.68. The van der Waals surface area contributed by atoms with Crippen molar-refractivity contribution in [2.45, 2.75) is 18.9 Å². The van der Waals surface area contributed by atoms with Gasteiger partial charge in [0, 0.05) is 0 Å². The highest BCUT2D eigenvalue weighted by atomic mass is 16.5. The number of hydrogen-bond acceptors (Lipinski definition) is 5. The number of methoxy groups -OCH3 is 2. The fourth-order valence-corrected chi connectivity index (χ4v) is 2.44. The maximum Gasteiger partial charge on any atom is 0.341 e. The van der Waals surface area contributed by atoms with E-state index in [4.69, 9.17) is 19.3 Å². The van der Waals surface area contributed by atoms with Gasteiger partial charge in [-0.2, -0.15) is 0 Å². The molecule has 134 valence electrons. The van der Waals surface area contributed by atoms with Crippen molar-refractivity contribution >= 4 is 5.97 Å². The molecule has 0 fully saturated rings. The van der Waals surface area contributed by atoms with Crippen molar-refractivity contribution in [3.05, 3.63) is 53.6 Å². The number of carbonyl (C=O) groups is 1. The van der Waals surface area contributed by atoms with Crippen LogP contribution < -0.4 is 14.2 Å². The van der Waals surface area contributed by atoms with Gasteiger partial charge in [-0.3, -0.25) is 0 Å². The molecule has 0 amide bonds. The molecule has 6 nitrogen and oxygen atoms in total. The average Bonchev–Trinajstić information content (AvgIpc) is 2.64. The molecular weight excluding hydrogens is 324 g/mol. The largest absolute Gasteiger partial charge is 0.493 e. The molecule has 0 heterocycles. The summed E-state index contributed by atoms with van der Waals surface area (Å²) in [6, 6.07) is 12.4. The van der Waals surface area contributed by atoms with Crippen molar-refractivity contribution in [1.82, 2.24) is 0 Å². The molecule has 0 spiro atoms. The Kier molecular flexibility index (Phi) is 6.65. The van der Waals surface area contributed by atoms with Gasteiger partial charge >= 0.3 is 5.97 Å². The first-order chi connectivity index (χ1) is 12.0. The number of hydrogen-bond donors (Lipinski definition) is 2. The molecule has 0 bridgehead atoms. The van der Waals surface area contributed by atoms with Crippen LogP contribution >= 0.6 is 0 Å². The van der Waals surface area contributed by atoms with Gasteiger partial charge in [0.1, 0.15) is 5.75 Å². The summed E-state index contributed by atoms with van der Waals surface area (Å²) in [5.74, 6) is 0.760. The molecule has 25 heavy (non-hydrogen) atoms. The van der Waals surface area contributed by atoms with Gasteiger partial charge in [-0.25, -0.2) is 4.79 Å². The fourth-order valence-electron chi connectivity index (χ4n) is 2.44. The molecule has 0 unspecified atom stereocenters. The third-order valence-corrected chi connectivity index (χ3v) is 3.78. The van der Waals surface area contributed by atoms with Gasteiger partial charge in [-0.15, -0.1) is 0 Å². The van der Waals surface area contributed by atoms with Crippen molar-refractivity contribution in [2.75, 3.05) is 20.8 Å². The quantitative estimate of drug-likeness (QED) is 0.726. The number of ether oxygens (including phenoxy) is 3. The number of aliphatic hydroxyl groups is 1. The molecule has 2 N–H and O–H groups in total. The van der Waals surface area contributed by atoms with E-state index in [0.717, 1.165) is 11.1 Å². The minimum atomic E-state index is -1.03. The smallest absolute Gasteiger partial charge is 0.341 e. The zero-order valence-corrected chi connectivity index (χ0v) is 14.3. The second-order valence-electron chi connectivity index (χ2n) is 5.50. The van der Waals surface area contributed by atoms with E-state index in [0.29, 0.717) is 30.1 Å². The van der Waals surface area contributed by atoms with Gasteiger partial charge in [0.05, 0.1) is 20.3 Å². The zero-order chi connectivity index (χ0) is 18.2. The molecule has 0 radical (unpaired) electrons. The first-order valence-corrected chi connectivity index (χ1v) is 7.87. The van der Waals surface area contributed by atoms with Gasteiger partial charge < -0.3 is 24.4 Å². The van der Waals surface area contributed by atoms with Crippen molar-refractivity contribution in [2.24, 2.45) is 0 Å². The van der Waals surface area contributed by atoms with E-state index < -0.39 is 12.1 Å². The molecule has 2 aromatic rings. The van der Waals surface area contributed by atoms with Gasteiger partial charge in [-0.05, 0) is 48.2 Å². The summed E-state index contributed by atoms with van der Waals surface area (Å²) in [7, 11) is 3.18. The molecule has 0 aliphatic heterocycles. The zero-order valence-electron chi connectivity index (χ0n) is 14.3. The molecule has 2 aromatic carbocycles. The third-order valence-electron chi connectivity index (χ3n) is 3.78. The van der Waals surface area contributed by atoms with Crippen LogP contribution in [0.15, 0.2) is 42.5 Å². The molecule has 0 saturated carbocycles. The first-order valence-electron chi connectivity index (χ1n) is 7.87. The maximum atomic E-state index is 10.5. The van der Waals surface area contributed by atoms with Crippen LogP contribution in [0.3, 0.4) is 0 Å². The summed E-state index contributed by atoms with van der Waals surface area (Å²) >= 11 is 0. The standard InChI is InChI=1S/C19H22O6/c1-23-17-10-4-13(11-18(17)24-2)3-9-16(20)14-5-7-15(8-6-14)25-12-19(21)22/h4-8,10-11,16,20H,3,9,12H2,1-2H3,(H,21,22)/t16-/m1/s1. The second kappa shape index (κ2) is 8.94. The van der Waals surface area contributed by atoms with Crippen molar-refractivity contribution in [1.29, 1.82) is 0 Å². The molecule has 1 atom stereocenters. The highest BCUT2D eigenvalue weighted by Crippen LogP contribution is 2.29. The number of benzene rings is 2. The van der Waals surface area contributed by atoms with Crippen LogP contribution in [0.2, 0.25) is 0 Å². The predicted octanol–water partition coefficient (Wildman–Crippen LogP) is 2.83. The normalized spacial score (nSPS) is 11.6. The molecule has 6 heteroatoms. The lowest BCUT2D eigenvalue weighted by Crippen LogP contribution is -2.09. The van der Waals surface area contributed by atoms with Crippen LogP contribution in [0.1, 0.15) is 23.7 Å². The molecule has 2 rings (SSSR count). The summed E-state index contributed by atoms with van der Waals surface area (Å²) in [5, 5.41) is 18.9. The molecule has 0 saturated heterocycles. The van der Waals surface area contributed by atoms with Crippen molar-refractivity contribution in [3.8, 4) is 17.2 Å². The average molecular weight is 346 g/mol. The van der Waals surface area contributed by atoms with Crippen molar-refractivity contribution in [3.63, 3.8) is 0 Å². The minimum Gasteiger partial charge on any atom is -0.493 e. The van der Waals surface area contributed by atoms with E-state index in [1.807, 2.05) is 18.2 Å². The molecule has 0 aliphatic carbocycles. The molecular formula is C19H22O6. The Morgan fingerprint density at radius 1 is 1.04 bits per heavy atom. The Hall–Kier alpha value is -2.73. The van der Waals surface area contributed by atoms with Gasteiger partial charge in [-0.1, -0.05) is 18.2 Å². The summed E-state index contributed by atoms with van der Waals surface area (Å²) in [6.07, 6.45) is 0.602. The SMILES string of the molecule is COc1ccc(CC[C@@H](O)c2ccc(OCC(=O)O)cc2)cc1OC. The van der Waals surface area contributed by atoms with Gasteiger partial charge in [0.2, 0.25) is 0 Å². The van der Waals surface area contributed by atoms with E-state index in [-0.39, 0.29) is 6.61 Å². The third kappa shape index (κ3) is 5.39. The monoisotopic (exact) mass is 346 g/mol. The van der Waals surface area contributed by atoms with Crippen molar-refractivity contribution < 1.29 is 29.2 Å². The number of carboxylic acids is 1. The lowest BCUT2D eigenvalue weighted by atomic mass is 10.0. The lowest BCUT2D eigenvalue weighted by Gasteiger charge is -2.13. The van der Waals surface area contributed by atoms with E-state index in [1.54, 1.807) is 38.5 Å².